The van der Waals surface area contributed by atoms with E-state index in [1.165, 1.54) is 0 Å². The van der Waals surface area contributed by atoms with Gasteiger partial charge in [-0.3, -0.25) is 0 Å². The Balaban J connectivity index is 1.50. The lowest BCUT2D eigenvalue weighted by Crippen LogP contribution is -2.29. The SMILES string of the molecule is CCc1ccc(S(=O)(=O)N2CCC(n3cc(-c4ccccc4)nn3)C2)cc1. The molecule has 1 aliphatic heterocycles. The summed E-state index contributed by atoms with van der Waals surface area (Å²) in [5.41, 5.74) is 2.93. The molecule has 7 heteroatoms. The molecule has 0 bridgehead atoms. The Morgan fingerprint density at radius 2 is 1.81 bits per heavy atom. The van der Waals surface area contributed by atoms with Crippen LogP contribution in [0.2, 0.25) is 0 Å². The summed E-state index contributed by atoms with van der Waals surface area (Å²) in [6.07, 6.45) is 3.51. The van der Waals surface area contributed by atoms with Gasteiger partial charge in [-0.1, -0.05) is 54.6 Å². The van der Waals surface area contributed by atoms with E-state index in [0.29, 0.717) is 18.0 Å². The molecule has 27 heavy (non-hydrogen) atoms. The van der Waals surface area contributed by atoms with Crippen LogP contribution in [0.25, 0.3) is 11.3 Å². The largest absolute Gasteiger partial charge is 0.247 e. The van der Waals surface area contributed by atoms with Gasteiger partial charge in [0.1, 0.15) is 5.69 Å². The molecule has 2 aromatic carbocycles. The van der Waals surface area contributed by atoms with Crippen molar-refractivity contribution in [3.63, 3.8) is 0 Å². The number of hydrogen-bond acceptors (Lipinski definition) is 4. The zero-order valence-electron chi connectivity index (χ0n) is 15.2. The topological polar surface area (TPSA) is 68.1 Å². The maximum atomic E-state index is 12.9. The second-order valence-corrected chi connectivity index (χ2v) is 8.69. The maximum absolute atomic E-state index is 12.9. The molecule has 0 saturated carbocycles. The van der Waals surface area contributed by atoms with Crippen molar-refractivity contribution in [2.45, 2.75) is 30.7 Å². The summed E-state index contributed by atoms with van der Waals surface area (Å²) >= 11 is 0. The third-order valence-corrected chi connectivity index (χ3v) is 6.93. The first kappa shape index (κ1) is 17.9. The van der Waals surface area contributed by atoms with Crippen LogP contribution < -0.4 is 0 Å². The van der Waals surface area contributed by atoms with Crippen LogP contribution in [0, 0.1) is 0 Å². The molecule has 0 radical (unpaired) electrons. The van der Waals surface area contributed by atoms with Crippen LogP contribution in [0.1, 0.15) is 24.9 Å². The summed E-state index contributed by atoms with van der Waals surface area (Å²) < 4.78 is 29.2. The predicted octanol–water partition coefficient (Wildman–Crippen LogP) is 3.14. The lowest BCUT2D eigenvalue weighted by atomic mass is 10.2. The van der Waals surface area contributed by atoms with Crippen LogP contribution in [0.15, 0.2) is 65.7 Å². The van der Waals surface area contributed by atoms with E-state index in [4.69, 9.17) is 0 Å². The van der Waals surface area contributed by atoms with Crippen molar-refractivity contribution in [1.82, 2.24) is 19.3 Å². The number of benzene rings is 2. The molecule has 1 fully saturated rings. The van der Waals surface area contributed by atoms with Crippen molar-refractivity contribution in [1.29, 1.82) is 0 Å². The Labute approximate surface area is 159 Å². The second-order valence-electron chi connectivity index (χ2n) is 6.75. The van der Waals surface area contributed by atoms with Gasteiger partial charge in [0.2, 0.25) is 10.0 Å². The van der Waals surface area contributed by atoms with Gasteiger partial charge in [0.05, 0.1) is 17.1 Å². The average Bonchev–Trinajstić information content (AvgIpc) is 3.38. The highest BCUT2D eigenvalue weighted by Gasteiger charge is 2.34. The van der Waals surface area contributed by atoms with E-state index >= 15 is 0 Å². The highest BCUT2D eigenvalue weighted by molar-refractivity contribution is 7.89. The van der Waals surface area contributed by atoms with Gasteiger partial charge >= 0.3 is 0 Å². The predicted molar refractivity (Wildman–Crippen MR) is 104 cm³/mol. The van der Waals surface area contributed by atoms with Crippen molar-refractivity contribution >= 4 is 10.0 Å². The summed E-state index contributed by atoms with van der Waals surface area (Å²) in [7, 11) is -3.48. The van der Waals surface area contributed by atoms with E-state index in [0.717, 1.165) is 29.7 Å². The number of aryl methyl sites for hydroxylation is 1. The van der Waals surface area contributed by atoms with Gasteiger partial charge in [0.15, 0.2) is 0 Å². The average molecular weight is 382 g/mol. The third-order valence-electron chi connectivity index (χ3n) is 5.05. The van der Waals surface area contributed by atoms with Gasteiger partial charge in [-0.05, 0) is 30.5 Å². The highest BCUT2D eigenvalue weighted by Crippen LogP contribution is 2.28. The molecule has 3 aromatic rings. The van der Waals surface area contributed by atoms with Gasteiger partial charge in [0.25, 0.3) is 0 Å². The molecule has 0 spiro atoms. The van der Waals surface area contributed by atoms with Crippen LogP contribution in [0.3, 0.4) is 0 Å². The number of rotatable bonds is 5. The third kappa shape index (κ3) is 3.52. The quantitative estimate of drug-likeness (QED) is 0.680. The van der Waals surface area contributed by atoms with Gasteiger partial charge in [-0.25, -0.2) is 13.1 Å². The number of hydrogen-bond donors (Lipinski definition) is 0. The number of sulfonamides is 1. The molecule has 140 valence electrons. The van der Waals surface area contributed by atoms with Crippen LogP contribution in [-0.2, 0) is 16.4 Å². The van der Waals surface area contributed by atoms with Gasteiger partial charge in [-0.2, -0.15) is 4.31 Å². The smallest absolute Gasteiger partial charge is 0.243 e. The Morgan fingerprint density at radius 1 is 1.07 bits per heavy atom. The van der Waals surface area contributed by atoms with Crippen molar-refractivity contribution in [3.05, 3.63) is 66.4 Å². The van der Waals surface area contributed by atoms with Crippen molar-refractivity contribution in [2.24, 2.45) is 0 Å². The van der Waals surface area contributed by atoms with E-state index in [1.807, 2.05) is 48.7 Å². The Kier molecular flexibility index (Phi) is 4.80. The molecule has 0 amide bonds. The second kappa shape index (κ2) is 7.25. The summed E-state index contributed by atoms with van der Waals surface area (Å²) in [5.74, 6) is 0. The minimum atomic E-state index is -3.48. The molecule has 1 aromatic heterocycles. The molecule has 0 N–H and O–H groups in total. The summed E-state index contributed by atoms with van der Waals surface area (Å²) in [4.78, 5) is 0.351. The molecule has 0 aliphatic carbocycles. The lowest BCUT2D eigenvalue weighted by Gasteiger charge is -2.16. The fraction of sp³-hybridized carbons (Fsp3) is 0.300. The molecule has 1 aliphatic rings. The molecule has 4 rings (SSSR count). The van der Waals surface area contributed by atoms with E-state index in [9.17, 15) is 8.42 Å². The molecular formula is C20H22N4O2S. The van der Waals surface area contributed by atoms with Crippen molar-refractivity contribution in [3.8, 4) is 11.3 Å². The molecule has 1 unspecified atom stereocenters. The van der Waals surface area contributed by atoms with Crippen LogP contribution in [-0.4, -0.2) is 40.8 Å². The first-order chi connectivity index (χ1) is 13.1. The Bertz CT molecular complexity index is 1010. The minimum absolute atomic E-state index is 0.000322. The Morgan fingerprint density at radius 3 is 2.52 bits per heavy atom. The molecule has 1 atom stereocenters. The fourth-order valence-electron chi connectivity index (χ4n) is 3.39. The first-order valence-corrected chi connectivity index (χ1v) is 10.6. The van der Waals surface area contributed by atoms with Crippen LogP contribution in [0.4, 0.5) is 0 Å². The first-order valence-electron chi connectivity index (χ1n) is 9.14. The van der Waals surface area contributed by atoms with Gasteiger partial charge in [-0.15, -0.1) is 5.10 Å². The minimum Gasteiger partial charge on any atom is -0.247 e. The summed E-state index contributed by atoms with van der Waals surface area (Å²) in [6.45, 7) is 2.95. The standard InChI is InChI=1S/C20H22N4O2S/c1-2-16-8-10-19(11-9-16)27(25,26)23-13-12-18(14-23)24-15-20(21-22-24)17-6-4-3-5-7-17/h3-11,15,18H,2,12-14H2,1H3. The number of nitrogens with zero attached hydrogens (tertiary/aromatic N) is 4. The van der Waals surface area contributed by atoms with E-state index in [-0.39, 0.29) is 6.04 Å². The van der Waals surface area contributed by atoms with Crippen LogP contribution in [0.5, 0.6) is 0 Å². The van der Waals surface area contributed by atoms with Crippen molar-refractivity contribution < 1.29 is 8.42 Å². The molecule has 1 saturated heterocycles. The zero-order chi connectivity index (χ0) is 18.9. The summed E-state index contributed by atoms with van der Waals surface area (Å²) in [6, 6.07) is 17.0. The summed E-state index contributed by atoms with van der Waals surface area (Å²) in [5, 5.41) is 8.47. The monoisotopic (exact) mass is 382 g/mol. The van der Waals surface area contributed by atoms with E-state index in [2.05, 4.69) is 17.2 Å². The fourth-order valence-corrected chi connectivity index (χ4v) is 4.88. The van der Waals surface area contributed by atoms with Gasteiger partial charge in [0, 0.05) is 18.7 Å². The van der Waals surface area contributed by atoms with E-state index in [1.54, 1.807) is 21.1 Å². The van der Waals surface area contributed by atoms with Crippen molar-refractivity contribution in [2.75, 3.05) is 13.1 Å². The maximum Gasteiger partial charge on any atom is 0.243 e. The highest BCUT2D eigenvalue weighted by atomic mass is 32.2. The number of aromatic nitrogens is 3. The van der Waals surface area contributed by atoms with Gasteiger partial charge < -0.3 is 0 Å². The van der Waals surface area contributed by atoms with E-state index < -0.39 is 10.0 Å². The molecule has 6 nitrogen and oxygen atoms in total. The molecular weight excluding hydrogens is 360 g/mol. The molecule has 2 heterocycles. The Hall–Kier alpha value is -2.51. The normalized spacial score (nSPS) is 18.0. The zero-order valence-corrected chi connectivity index (χ0v) is 16.0. The lowest BCUT2D eigenvalue weighted by molar-refractivity contribution is 0.428. The van der Waals surface area contributed by atoms with Crippen LogP contribution >= 0.6 is 0 Å².